The van der Waals surface area contributed by atoms with Gasteiger partial charge in [-0.1, -0.05) is 60.7 Å². The van der Waals surface area contributed by atoms with E-state index in [0.29, 0.717) is 11.3 Å². The summed E-state index contributed by atoms with van der Waals surface area (Å²) in [6.45, 7) is 6.42. The first kappa shape index (κ1) is 31.8. The van der Waals surface area contributed by atoms with Gasteiger partial charge in [-0.3, -0.25) is 9.59 Å². The summed E-state index contributed by atoms with van der Waals surface area (Å²) in [4.78, 5) is 29.1. The van der Waals surface area contributed by atoms with Crippen LogP contribution in [-0.2, 0) is 32.8 Å². The summed E-state index contributed by atoms with van der Waals surface area (Å²) in [5, 5.41) is 2.88. The van der Waals surface area contributed by atoms with E-state index in [1.54, 1.807) is 37.3 Å². The first-order chi connectivity index (χ1) is 19.3. The number of hydrogen-bond donors (Lipinski definition) is 1. The van der Waals surface area contributed by atoms with E-state index in [0.717, 1.165) is 19.7 Å². The first-order valence-corrected chi connectivity index (χ1v) is 14.9. The maximum atomic E-state index is 14.9. The Labute approximate surface area is 243 Å². The fourth-order valence-corrected chi connectivity index (χ4v) is 5.55. The Morgan fingerprint density at radius 3 is 2.17 bits per heavy atom. The van der Waals surface area contributed by atoms with Gasteiger partial charge in [-0.2, -0.15) is 12.7 Å². The zero-order valence-electron chi connectivity index (χ0n) is 24.5. The van der Waals surface area contributed by atoms with E-state index < -0.39 is 40.4 Å². The van der Waals surface area contributed by atoms with Gasteiger partial charge in [-0.05, 0) is 56.5 Å². The molecule has 0 radical (unpaired) electrons. The van der Waals surface area contributed by atoms with Crippen LogP contribution in [0.3, 0.4) is 0 Å². The molecule has 1 atom stereocenters. The van der Waals surface area contributed by atoms with Crippen molar-refractivity contribution in [2.24, 2.45) is 0 Å². The van der Waals surface area contributed by atoms with Crippen molar-refractivity contribution in [3.8, 4) is 0 Å². The first-order valence-electron chi connectivity index (χ1n) is 13.5. The van der Waals surface area contributed by atoms with Gasteiger partial charge in [0.15, 0.2) is 0 Å². The Hall–Kier alpha value is -3.76. The van der Waals surface area contributed by atoms with Crippen LogP contribution in [0.4, 0.5) is 10.1 Å². The topological polar surface area (TPSA) is 90.0 Å². The van der Waals surface area contributed by atoms with Crippen LogP contribution in [0, 0.1) is 19.7 Å². The van der Waals surface area contributed by atoms with Crippen molar-refractivity contribution in [1.82, 2.24) is 14.5 Å². The Kier molecular flexibility index (Phi) is 10.6. The Bertz CT molecular complexity index is 1460. The second-order valence-corrected chi connectivity index (χ2v) is 12.6. The third-order valence-corrected chi connectivity index (χ3v) is 8.46. The largest absolute Gasteiger partial charge is 0.352 e. The van der Waals surface area contributed by atoms with E-state index in [2.05, 4.69) is 5.32 Å². The van der Waals surface area contributed by atoms with Gasteiger partial charge in [-0.15, -0.1) is 0 Å². The minimum Gasteiger partial charge on any atom is -0.352 e. The smallest absolute Gasteiger partial charge is 0.304 e. The number of halogens is 1. The number of nitrogens with one attached hydrogen (secondary N) is 1. The summed E-state index contributed by atoms with van der Waals surface area (Å²) >= 11 is 0. The molecule has 220 valence electrons. The molecule has 0 aliphatic heterocycles. The summed E-state index contributed by atoms with van der Waals surface area (Å²) in [6, 6.07) is 19.4. The molecule has 0 fully saturated rings. The molecule has 3 aromatic carbocycles. The highest BCUT2D eigenvalue weighted by molar-refractivity contribution is 7.90. The molecule has 1 N–H and O–H groups in total. The molecule has 8 nitrogen and oxygen atoms in total. The molecule has 0 saturated carbocycles. The van der Waals surface area contributed by atoms with Crippen LogP contribution < -0.4 is 9.62 Å². The van der Waals surface area contributed by atoms with Crippen molar-refractivity contribution in [2.75, 3.05) is 24.9 Å². The van der Waals surface area contributed by atoms with E-state index in [9.17, 15) is 22.4 Å². The van der Waals surface area contributed by atoms with Crippen molar-refractivity contribution < 1.29 is 22.4 Å². The minimum atomic E-state index is -4.12. The van der Waals surface area contributed by atoms with Gasteiger partial charge in [0, 0.05) is 38.7 Å². The molecule has 0 bridgehead atoms. The lowest BCUT2D eigenvalue weighted by atomic mass is 10.0. The van der Waals surface area contributed by atoms with E-state index in [1.807, 2.05) is 57.2 Å². The van der Waals surface area contributed by atoms with Crippen molar-refractivity contribution in [1.29, 1.82) is 0 Å². The number of rotatable bonds is 12. The minimum absolute atomic E-state index is 0.156. The van der Waals surface area contributed by atoms with E-state index in [4.69, 9.17) is 0 Å². The predicted molar refractivity (Wildman–Crippen MR) is 160 cm³/mol. The number of amides is 2. The SMILES string of the molecule is Cc1ccc(C)c(N(CC(=O)N(Cc2ccccc2F)C(Cc2ccccc2)C(=O)NC(C)C)S(=O)(=O)N(C)C)c1. The molecule has 41 heavy (non-hydrogen) atoms. The maximum Gasteiger partial charge on any atom is 0.304 e. The standard InChI is InChI=1S/C31H39FN4O4S/c1-22(2)33-31(38)29(19-25-12-8-7-9-13-25)35(20-26-14-10-11-15-27(26)32)30(37)21-36(41(39,40)34(5)6)28-18-23(3)16-17-24(28)4/h7-18,22,29H,19-21H2,1-6H3,(H,33,38). The van der Waals surface area contributed by atoms with Gasteiger partial charge >= 0.3 is 10.2 Å². The number of carbonyl (C=O) groups excluding carboxylic acids is 2. The molecule has 10 heteroatoms. The lowest BCUT2D eigenvalue weighted by Gasteiger charge is -2.35. The quantitative estimate of drug-likeness (QED) is 0.346. The molecule has 0 aromatic heterocycles. The van der Waals surface area contributed by atoms with Crippen molar-refractivity contribution >= 4 is 27.7 Å². The van der Waals surface area contributed by atoms with E-state index in [1.165, 1.54) is 25.1 Å². The summed E-state index contributed by atoms with van der Waals surface area (Å²) < 4.78 is 44.1. The lowest BCUT2D eigenvalue weighted by Crippen LogP contribution is -2.55. The van der Waals surface area contributed by atoms with Crippen LogP contribution in [0.15, 0.2) is 72.8 Å². The lowest BCUT2D eigenvalue weighted by molar-refractivity contribution is -0.140. The monoisotopic (exact) mass is 582 g/mol. The zero-order chi connectivity index (χ0) is 30.3. The van der Waals surface area contributed by atoms with Gasteiger partial charge < -0.3 is 10.2 Å². The Morgan fingerprint density at radius 1 is 0.927 bits per heavy atom. The average molecular weight is 583 g/mol. The van der Waals surface area contributed by atoms with Crippen molar-refractivity contribution in [2.45, 2.75) is 52.7 Å². The van der Waals surface area contributed by atoms with Crippen LogP contribution in [0.2, 0.25) is 0 Å². The number of benzene rings is 3. The molecule has 0 spiro atoms. The fourth-order valence-electron chi connectivity index (χ4n) is 4.43. The second kappa shape index (κ2) is 13.7. The molecular formula is C31H39FN4O4S. The maximum absolute atomic E-state index is 14.9. The molecule has 1 unspecified atom stereocenters. The van der Waals surface area contributed by atoms with Crippen LogP contribution in [0.5, 0.6) is 0 Å². The third-order valence-electron chi connectivity index (χ3n) is 6.65. The van der Waals surface area contributed by atoms with Crippen molar-refractivity contribution in [3.63, 3.8) is 0 Å². The molecule has 2 amide bonds. The van der Waals surface area contributed by atoms with Crippen molar-refractivity contribution in [3.05, 3.63) is 101 Å². The van der Waals surface area contributed by atoms with Crippen LogP contribution in [0.25, 0.3) is 0 Å². The van der Waals surface area contributed by atoms with E-state index >= 15 is 0 Å². The number of aryl methyl sites for hydroxylation is 2. The third kappa shape index (κ3) is 8.14. The number of anilines is 1. The molecule has 0 saturated heterocycles. The van der Waals surface area contributed by atoms with Crippen LogP contribution in [0.1, 0.15) is 36.1 Å². The molecule has 3 rings (SSSR count). The molecule has 3 aromatic rings. The molecular weight excluding hydrogens is 543 g/mol. The Balaban J connectivity index is 2.14. The second-order valence-electron chi connectivity index (χ2n) is 10.6. The normalized spacial score (nSPS) is 12.3. The van der Waals surface area contributed by atoms with Crippen LogP contribution >= 0.6 is 0 Å². The van der Waals surface area contributed by atoms with E-state index in [-0.39, 0.29) is 24.6 Å². The zero-order valence-corrected chi connectivity index (χ0v) is 25.3. The predicted octanol–water partition coefficient (Wildman–Crippen LogP) is 4.22. The van der Waals surface area contributed by atoms with Gasteiger partial charge in [-0.25, -0.2) is 8.70 Å². The highest BCUT2D eigenvalue weighted by Crippen LogP contribution is 2.26. The molecule has 0 heterocycles. The highest BCUT2D eigenvalue weighted by Gasteiger charge is 2.35. The van der Waals surface area contributed by atoms with Crippen LogP contribution in [-0.4, -0.2) is 62.2 Å². The van der Waals surface area contributed by atoms with Gasteiger partial charge in [0.2, 0.25) is 11.8 Å². The highest BCUT2D eigenvalue weighted by atomic mass is 32.2. The summed E-state index contributed by atoms with van der Waals surface area (Å²) in [6.07, 6.45) is 0.156. The number of nitrogens with zero attached hydrogens (tertiary/aromatic N) is 3. The summed E-state index contributed by atoms with van der Waals surface area (Å²) in [5.41, 5.74) is 2.84. The molecule has 0 aliphatic carbocycles. The average Bonchev–Trinajstić information content (AvgIpc) is 2.91. The van der Waals surface area contributed by atoms with Gasteiger partial charge in [0.1, 0.15) is 18.4 Å². The number of hydrogen-bond acceptors (Lipinski definition) is 4. The fraction of sp³-hybridized carbons (Fsp3) is 0.355. The van der Waals surface area contributed by atoms with Gasteiger partial charge in [0.25, 0.3) is 0 Å². The Morgan fingerprint density at radius 2 is 1.56 bits per heavy atom. The summed E-state index contributed by atoms with van der Waals surface area (Å²) in [7, 11) is -1.34. The molecule has 0 aliphatic rings. The number of carbonyl (C=O) groups is 2. The van der Waals surface area contributed by atoms with Gasteiger partial charge in [0.05, 0.1) is 5.69 Å². The summed E-state index contributed by atoms with van der Waals surface area (Å²) in [5.74, 6) is -1.58.